The number of alkyl halides is 2. The fourth-order valence-electron chi connectivity index (χ4n) is 3.52. The zero-order valence-electron chi connectivity index (χ0n) is 15.5. The van der Waals surface area contributed by atoms with Crippen molar-refractivity contribution in [3.63, 3.8) is 0 Å². The van der Waals surface area contributed by atoms with Crippen LogP contribution in [0.2, 0.25) is 0 Å². The normalized spacial score (nSPS) is 25.2. The summed E-state index contributed by atoms with van der Waals surface area (Å²) in [5.41, 5.74) is 0.0435. The number of nitrogens with zero attached hydrogens (tertiary/aromatic N) is 2. The molecule has 0 atom stereocenters. The van der Waals surface area contributed by atoms with Gasteiger partial charge in [-0.15, -0.1) is 0 Å². The van der Waals surface area contributed by atoms with E-state index in [1.165, 1.54) is 6.08 Å². The van der Waals surface area contributed by atoms with Gasteiger partial charge in [-0.2, -0.15) is 0 Å². The summed E-state index contributed by atoms with van der Waals surface area (Å²) in [6.45, 7) is 10.4. The van der Waals surface area contributed by atoms with Gasteiger partial charge in [-0.1, -0.05) is 20.4 Å². The van der Waals surface area contributed by atoms with Crippen molar-refractivity contribution >= 4 is 11.4 Å². The first-order chi connectivity index (χ1) is 12.2. The Morgan fingerprint density at radius 3 is 2.69 bits per heavy atom. The molecule has 0 aromatic carbocycles. The Hall–Kier alpha value is -1.95. The molecule has 1 fully saturated rings. The lowest BCUT2D eigenvalue weighted by atomic mass is 9.75. The van der Waals surface area contributed by atoms with E-state index in [1.54, 1.807) is 19.2 Å². The van der Waals surface area contributed by atoms with Gasteiger partial charge in [-0.05, 0) is 44.2 Å². The van der Waals surface area contributed by atoms with Crippen molar-refractivity contribution in [3.05, 3.63) is 36.2 Å². The fraction of sp³-hybridized carbons (Fsp3) is 0.550. The maximum absolute atomic E-state index is 13.6. The van der Waals surface area contributed by atoms with Crippen molar-refractivity contribution < 1.29 is 18.6 Å². The highest BCUT2D eigenvalue weighted by atomic mass is 19.3. The Labute approximate surface area is 153 Å². The second kappa shape index (κ2) is 6.99. The van der Waals surface area contributed by atoms with Crippen LogP contribution in [0.3, 0.4) is 0 Å². The third-order valence-electron chi connectivity index (χ3n) is 4.93. The topological polar surface area (TPSA) is 45.6 Å². The zero-order valence-corrected chi connectivity index (χ0v) is 15.5. The number of hydrogen-bond acceptors (Lipinski definition) is 4. The molecular formula is C20H26F2N2O2. The van der Waals surface area contributed by atoms with Crippen LogP contribution in [0, 0.1) is 5.92 Å². The Morgan fingerprint density at radius 1 is 1.42 bits per heavy atom. The number of pyridine rings is 1. The Balaban J connectivity index is 1.89. The summed E-state index contributed by atoms with van der Waals surface area (Å²) in [7, 11) is 0. The number of halogens is 2. The summed E-state index contributed by atoms with van der Waals surface area (Å²) in [5, 5.41) is 10.0. The van der Waals surface area contributed by atoms with Crippen LogP contribution in [-0.2, 0) is 0 Å². The maximum Gasteiger partial charge on any atom is 0.264 e. The molecule has 2 aliphatic rings. The molecule has 1 N–H and O–H groups in total. The second-order valence-corrected chi connectivity index (χ2v) is 7.89. The average molecular weight is 364 g/mol. The quantitative estimate of drug-likeness (QED) is 0.813. The smallest absolute Gasteiger partial charge is 0.264 e. The number of allylic oxidation sites excluding steroid dienone is 2. The molecule has 3 rings (SSSR count). The van der Waals surface area contributed by atoms with E-state index >= 15 is 0 Å². The third kappa shape index (κ3) is 3.75. The van der Waals surface area contributed by atoms with Gasteiger partial charge < -0.3 is 14.7 Å². The molecule has 0 bridgehead atoms. The lowest BCUT2D eigenvalue weighted by Gasteiger charge is -2.48. The van der Waals surface area contributed by atoms with Gasteiger partial charge in [0, 0.05) is 22.9 Å². The molecule has 1 saturated carbocycles. The predicted octanol–water partition coefficient (Wildman–Crippen LogP) is 4.40. The summed E-state index contributed by atoms with van der Waals surface area (Å²) >= 11 is 0. The summed E-state index contributed by atoms with van der Waals surface area (Å²) in [5.74, 6) is 1.45. The summed E-state index contributed by atoms with van der Waals surface area (Å²) in [4.78, 5) is 6.27. The van der Waals surface area contributed by atoms with E-state index in [-0.39, 0.29) is 11.6 Å². The summed E-state index contributed by atoms with van der Waals surface area (Å²) < 4.78 is 32.8. The number of ether oxygens (including phenoxy) is 1. The van der Waals surface area contributed by atoms with Gasteiger partial charge in [0.15, 0.2) is 0 Å². The van der Waals surface area contributed by atoms with Crippen LogP contribution in [0.4, 0.5) is 14.6 Å². The van der Waals surface area contributed by atoms with Crippen molar-refractivity contribution in [2.24, 2.45) is 5.92 Å². The van der Waals surface area contributed by atoms with Crippen LogP contribution in [0.1, 0.15) is 45.6 Å². The SMILES string of the molecule is C=C1C=C(C(F)F)c2cc(OCCC(C)C)cnc2N1C1CC(C)(O)C1. The molecular weight excluding hydrogens is 338 g/mol. The first kappa shape index (κ1) is 18.8. The minimum atomic E-state index is -2.62. The van der Waals surface area contributed by atoms with Crippen LogP contribution in [0.15, 0.2) is 30.6 Å². The summed E-state index contributed by atoms with van der Waals surface area (Å²) in [6, 6.07) is 1.64. The van der Waals surface area contributed by atoms with E-state index < -0.39 is 12.0 Å². The van der Waals surface area contributed by atoms with Crippen LogP contribution < -0.4 is 9.64 Å². The minimum Gasteiger partial charge on any atom is -0.492 e. The predicted molar refractivity (Wildman–Crippen MR) is 98.4 cm³/mol. The monoisotopic (exact) mass is 364 g/mol. The minimum absolute atomic E-state index is 0.00642. The number of rotatable bonds is 6. The number of hydrogen-bond donors (Lipinski definition) is 1. The molecule has 4 nitrogen and oxygen atoms in total. The van der Waals surface area contributed by atoms with Gasteiger partial charge in [0.25, 0.3) is 6.43 Å². The highest BCUT2D eigenvalue weighted by Crippen LogP contribution is 2.45. The Bertz CT molecular complexity index is 721. The summed E-state index contributed by atoms with van der Waals surface area (Å²) in [6.07, 6.45) is 2.36. The van der Waals surface area contributed by atoms with Crippen molar-refractivity contribution in [1.29, 1.82) is 0 Å². The first-order valence-electron chi connectivity index (χ1n) is 9.01. The lowest BCUT2D eigenvalue weighted by molar-refractivity contribution is -0.0294. The molecule has 0 amide bonds. The molecule has 1 aromatic rings. The van der Waals surface area contributed by atoms with Crippen molar-refractivity contribution in [2.45, 2.75) is 58.1 Å². The highest BCUT2D eigenvalue weighted by molar-refractivity contribution is 5.84. The molecule has 1 aliphatic carbocycles. The van der Waals surface area contributed by atoms with Crippen molar-refractivity contribution in [2.75, 3.05) is 11.5 Å². The highest BCUT2D eigenvalue weighted by Gasteiger charge is 2.44. The standard InChI is InChI=1S/C20H26F2N2O2/c1-12(2)5-6-26-15-8-17-16(18(21)22)7-13(3)24(19(17)23-11-15)14-9-20(4,25)10-14/h7-8,11-12,14,18,25H,3,5-6,9-10H2,1-2,4H3. The molecule has 6 heteroatoms. The molecule has 0 radical (unpaired) electrons. The molecule has 142 valence electrons. The Kier molecular flexibility index (Phi) is 5.06. The first-order valence-corrected chi connectivity index (χ1v) is 9.01. The van der Waals surface area contributed by atoms with E-state index in [0.29, 0.717) is 48.2 Å². The van der Waals surface area contributed by atoms with Crippen LogP contribution in [-0.4, -0.2) is 34.8 Å². The van der Waals surface area contributed by atoms with E-state index in [1.807, 2.05) is 4.90 Å². The molecule has 0 spiro atoms. The maximum atomic E-state index is 13.6. The molecule has 1 aromatic heterocycles. The molecule has 26 heavy (non-hydrogen) atoms. The van der Waals surface area contributed by atoms with Gasteiger partial charge in [-0.25, -0.2) is 13.8 Å². The number of aromatic nitrogens is 1. The average Bonchev–Trinajstić information content (AvgIpc) is 2.51. The van der Waals surface area contributed by atoms with Crippen molar-refractivity contribution in [1.82, 2.24) is 4.98 Å². The number of aliphatic hydroxyl groups is 1. The third-order valence-corrected chi connectivity index (χ3v) is 4.93. The zero-order chi connectivity index (χ0) is 19.1. The van der Waals surface area contributed by atoms with Gasteiger partial charge in [0.1, 0.15) is 11.6 Å². The van der Waals surface area contributed by atoms with Gasteiger partial charge in [0.2, 0.25) is 0 Å². The number of anilines is 1. The largest absolute Gasteiger partial charge is 0.492 e. The number of fused-ring (bicyclic) bond motifs is 1. The van der Waals surface area contributed by atoms with E-state index in [2.05, 4.69) is 25.4 Å². The molecule has 0 unspecified atom stereocenters. The van der Waals surface area contributed by atoms with E-state index in [9.17, 15) is 13.9 Å². The van der Waals surface area contributed by atoms with Gasteiger partial charge in [0.05, 0.1) is 18.4 Å². The van der Waals surface area contributed by atoms with Gasteiger partial charge >= 0.3 is 0 Å². The fourth-order valence-corrected chi connectivity index (χ4v) is 3.52. The van der Waals surface area contributed by atoms with Gasteiger partial charge in [-0.3, -0.25) is 0 Å². The molecule has 1 aliphatic heterocycles. The van der Waals surface area contributed by atoms with Crippen molar-refractivity contribution in [3.8, 4) is 5.75 Å². The van der Waals surface area contributed by atoms with Crippen LogP contribution in [0.25, 0.3) is 5.57 Å². The van der Waals surface area contributed by atoms with E-state index in [4.69, 9.17) is 4.74 Å². The van der Waals surface area contributed by atoms with E-state index in [0.717, 1.165) is 6.42 Å². The molecule has 2 heterocycles. The second-order valence-electron chi connectivity index (χ2n) is 7.89. The van der Waals surface area contributed by atoms with Crippen LogP contribution in [0.5, 0.6) is 5.75 Å². The van der Waals surface area contributed by atoms with Crippen LogP contribution >= 0.6 is 0 Å². The molecule has 0 saturated heterocycles. The lowest BCUT2D eigenvalue weighted by Crippen LogP contribution is -2.54. The Morgan fingerprint density at radius 2 is 2.12 bits per heavy atom.